The van der Waals surface area contributed by atoms with Gasteiger partial charge in [0.25, 0.3) is 5.91 Å². The highest BCUT2D eigenvalue weighted by atomic mass is 32.2. The van der Waals surface area contributed by atoms with Crippen molar-refractivity contribution in [2.75, 3.05) is 29.6 Å². The van der Waals surface area contributed by atoms with Crippen molar-refractivity contribution in [1.29, 1.82) is 0 Å². The number of imide groups is 1. The Balaban J connectivity index is 1.31. The number of carbonyl (C=O) groups excluding carboxylic acids is 2. The molecule has 0 spiro atoms. The molecular formula is C26H30F3N5O4S. The van der Waals surface area contributed by atoms with Crippen molar-refractivity contribution in [3.63, 3.8) is 0 Å². The van der Waals surface area contributed by atoms with Crippen LogP contribution in [-0.4, -0.2) is 71.6 Å². The molecule has 0 radical (unpaired) electrons. The predicted molar refractivity (Wildman–Crippen MR) is 139 cm³/mol. The molecule has 3 aliphatic rings. The second kappa shape index (κ2) is 9.19. The third-order valence-corrected chi connectivity index (χ3v) is 9.20. The third kappa shape index (κ3) is 4.86. The van der Waals surface area contributed by atoms with Crippen LogP contribution in [0.2, 0.25) is 0 Å². The van der Waals surface area contributed by atoms with Gasteiger partial charge in [0.1, 0.15) is 11.4 Å². The summed E-state index contributed by atoms with van der Waals surface area (Å²) in [6.45, 7) is 4.10. The minimum Gasteiger partial charge on any atom is -0.366 e. The number of aromatic nitrogens is 1. The Hall–Kier alpha value is -3.19. The number of anilines is 2. The fourth-order valence-electron chi connectivity index (χ4n) is 5.31. The van der Waals surface area contributed by atoms with Crippen LogP contribution in [0.25, 0.3) is 0 Å². The predicted octanol–water partition coefficient (Wildman–Crippen LogP) is 3.87. The van der Waals surface area contributed by atoms with Crippen LogP contribution in [0.3, 0.4) is 0 Å². The number of urea groups is 1. The van der Waals surface area contributed by atoms with E-state index in [1.807, 2.05) is 0 Å². The SMILES string of the molecule is CC1(C)C(=O)N(c2ccc(C3(C(F)(F)F)CC3)cc2)C(=O)N1Cc1ccnc(NC2CCN(S(C)(=O)=O)C2)c1. The van der Waals surface area contributed by atoms with Crippen molar-refractivity contribution in [2.45, 2.75) is 62.8 Å². The summed E-state index contributed by atoms with van der Waals surface area (Å²) in [7, 11) is -3.28. The fraction of sp³-hybridized carbons (Fsp3) is 0.500. The number of halogens is 3. The number of nitrogens with one attached hydrogen (secondary N) is 1. The Kier molecular flexibility index (Phi) is 6.45. The molecule has 1 atom stereocenters. The van der Waals surface area contributed by atoms with E-state index in [0.29, 0.717) is 30.9 Å². The zero-order valence-electron chi connectivity index (χ0n) is 21.8. The van der Waals surface area contributed by atoms with Gasteiger partial charge in [0.15, 0.2) is 0 Å². The van der Waals surface area contributed by atoms with Gasteiger partial charge in [0.05, 0.1) is 17.4 Å². The average Bonchev–Trinajstić information content (AvgIpc) is 3.51. The van der Waals surface area contributed by atoms with E-state index in [1.165, 1.54) is 39.7 Å². The van der Waals surface area contributed by atoms with Crippen molar-refractivity contribution in [3.8, 4) is 0 Å². The number of benzene rings is 1. The molecule has 2 aromatic rings. The summed E-state index contributed by atoms with van der Waals surface area (Å²) in [4.78, 5) is 33.5. The summed E-state index contributed by atoms with van der Waals surface area (Å²) in [6.07, 6.45) is -0.927. The second-order valence-electron chi connectivity index (χ2n) is 11.0. The molecule has 1 aromatic heterocycles. The molecule has 0 bridgehead atoms. The van der Waals surface area contributed by atoms with Crippen molar-refractivity contribution >= 4 is 33.5 Å². The van der Waals surface area contributed by atoms with Crippen molar-refractivity contribution < 1.29 is 31.2 Å². The molecule has 9 nitrogen and oxygen atoms in total. The molecule has 2 aliphatic heterocycles. The van der Waals surface area contributed by atoms with Gasteiger partial charge in [-0.3, -0.25) is 4.79 Å². The van der Waals surface area contributed by atoms with Gasteiger partial charge in [-0.25, -0.2) is 27.4 Å². The molecule has 2 saturated heterocycles. The Bertz CT molecular complexity index is 1410. The van der Waals surface area contributed by atoms with E-state index in [1.54, 1.807) is 32.2 Å². The molecule has 1 N–H and O–H groups in total. The molecular weight excluding hydrogens is 535 g/mol. The van der Waals surface area contributed by atoms with Crippen LogP contribution >= 0.6 is 0 Å². The fourth-order valence-corrected chi connectivity index (χ4v) is 6.20. The first-order valence-corrected chi connectivity index (χ1v) is 14.5. The zero-order chi connectivity index (χ0) is 28.4. The van der Waals surface area contributed by atoms with Crippen molar-refractivity contribution in [1.82, 2.24) is 14.2 Å². The van der Waals surface area contributed by atoms with Crippen molar-refractivity contribution in [2.24, 2.45) is 0 Å². The highest BCUT2D eigenvalue weighted by molar-refractivity contribution is 7.88. The average molecular weight is 566 g/mol. The Morgan fingerprint density at radius 3 is 2.33 bits per heavy atom. The minimum absolute atomic E-state index is 0.0255. The zero-order valence-corrected chi connectivity index (χ0v) is 22.6. The Morgan fingerprint density at radius 2 is 1.77 bits per heavy atom. The van der Waals surface area contributed by atoms with Gasteiger partial charge >= 0.3 is 12.2 Å². The van der Waals surface area contributed by atoms with Gasteiger partial charge in [-0.05, 0) is 68.5 Å². The van der Waals surface area contributed by atoms with E-state index in [-0.39, 0.29) is 36.7 Å². The number of pyridine rings is 1. The summed E-state index contributed by atoms with van der Waals surface area (Å²) in [6, 6.07) is 8.28. The number of amides is 3. The monoisotopic (exact) mass is 565 g/mol. The van der Waals surface area contributed by atoms with Crippen molar-refractivity contribution in [3.05, 3.63) is 53.7 Å². The molecule has 1 saturated carbocycles. The van der Waals surface area contributed by atoms with Gasteiger partial charge in [-0.1, -0.05) is 12.1 Å². The summed E-state index contributed by atoms with van der Waals surface area (Å²) < 4.78 is 65.5. The number of hydrogen-bond donors (Lipinski definition) is 1. The van der Waals surface area contributed by atoms with Gasteiger partial charge in [-0.2, -0.15) is 13.2 Å². The third-order valence-electron chi connectivity index (χ3n) is 7.93. The summed E-state index contributed by atoms with van der Waals surface area (Å²) in [5.74, 6) is 0.0474. The van der Waals surface area contributed by atoms with Crippen LogP contribution in [0.5, 0.6) is 0 Å². The molecule has 1 aromatic carbocycles. The highest BCUT2D eigenvalue weighted by Gasteiger charge is 2.64. The lowest BCUT2D eigenvalue weighted by Crippen LogP contribution is -2.43. The summed E-state index contributed by atoms with van der Waals surface area (Å²) in [5.41, 5.74) is -1.98. The number of rotatable bonds is 7. The van der Waals surface area contributed by atoms with E-state index < -0.39 is 39.1 Å². The first kappa shape index (κ1) is 27.4. The molecule has 3 amide bonds. The van der Waals surface area contributed by atoms with Gasteiger partial charge < -0.3 is 10.2 Å². The lowest BCUT2D eigenvalue weighted by molar-refractivity contribution is -0.160. The maximum absolute atomic E-state index is 13.5. The topological polar surface area (TPSA) is 103 Å². The van der Waals surface area contributed by atoms with Crippen LogP contribution in [0, 0.1) is 0 Å². The van der Waals surface area contributed by atoms with Gasteiger partial charge in [0, 0.05) is 31.9 Å². The molecule has 210 valence electrons. The molecule has 1 unspecified atom stereocenters. The number of alkyl halides is 3. The smallest absolute Gasteiger partial charge is 0.366 e. The Morgan fingerprint density at radius 1 is 1.10 bits per heavy atom. The minimum atomic E-state index is -4.35. The van der Waals surface area contributed by atoms with Crippen LogP contribution in [0.4, 0.5) is 29.5 Å². The first-order chi connectivity index (χ1) is 18.1. The van der Waals surface area contributed by atoms with Gasteiger partial charge in [-0.15, -0.1) is 0 Å². The quantitative estimate of drug-likeness (QED) is 0.512. The van der Waals surface area contributed by atoms with E-state index in [0.717, 1.165) is 4.90 Å². The summed E-state index contributed by atoms with van der Waals surface area (Å²) >= 11 is 0. The van der Waals surface area contributed by atoms with Crippen LogP contribution in [-0.2, 0) is 26.8 Å². The maximum Gasteiger partial charge on any atom is 0.398 e. The molecule has 5 rings (SSSR count). The number of nitrogens with zero attached hydrogens (tertiary/aromatic N) is 4. The molecule has 3 fully saturated rings. The number of sulfonamides is 1. The standard InChI is InChI=1S/C26H30F3N5O4S/c1-24(2)22(35)34(20-6-4-18(5-7-20)25(10-11-25)26(27,28)29)23(36)33(24)15-17-8-12-30-21(14-17)31-19-9-13-32(16-19)39(3,37)38/h4-8,12,14,19H,9-11,13,15-16H2,1-3H3,(H,30,31). The first-order valence-electron chi connectivity index (χ1n) is 12.6. The Labute approximate surface area is 225 Å². The van der Waals surface area contributed by atoms with E-state index in [4.69, 9.17) is 0 Å². The summed E-state index contributed by atoms with van der Waals surface area (Å²) in [5, 5.41) is 3.24. The molecule has 1 aliphatic carbocycles. The maximum atomic E-state index is 13.5. The van der Waals surface area contributed by atoms with E-state index in [2.05, 4.69) is 10.3 Å². The van der Waals surface area contributed by atoms with Crippen LogP contribution in [0.15, 0.2) is 42.6 Å². The number of carbonyl (C=O) groups is 2. The lowest BCUT2D eigenvalue weighted by atomic mass is 9.95. The lowest BCUT2D eigenvalue weighted by Gasteiger charge is -2.28. The number of hydrogen-bond acceptors (Lipinski definition) is 6. The van der Waals surface area contributed by atoms with Crippen LogP contribution in [0.1, 0.15) is 44.2 Å². The largest absolute Gasteiger partial charge is 0.398 e. The molecule has 3 heterocycles. The highest BCUT2D eigenvalue weighted by Crippen LogP contribution is 2.59. The normalized spacial score (nSPS) is 23.0. The molecule has 39 heavy (non-hydrogen) atoms. The van der Waals surface area contributed by atoms with E-state index >= 15 is 0 Å². The molecule has 13 heteroatoms. The van der Waals surface area contributed by atoms with Gasteiger partial charge in [0.2, 0.25) is 10.0 Å². The van der Waals surface area contributed by atoms with E-state index in [9.17, 15) is 31.2 Å². The second-order valence-corrected chi connectivity index (χ2v) is 13.0. The van der Waals surface area contributed by atoms with Crippen LogP contribution < -0.4 is 10.2 Å².